The zero-order chi connectivity index (χ0) is 16.1. The lowest BCUT2D eigenvalue weighted by Gasteiger charge is -2.10. The van der Waals surface area contributed by atoms with Crippen molar-refractivity contribution >= 4 is 11.7 Å². The van der Waals surface area contributed by atoms with Crippen LogP contribution < -0.4 is 5.32 Å². The lowest BCUT2D eigenvalue weighted by Crippen LogP contribution is -2.09. The van der Waals surface area contributed by atoms with Crippen molar-refractivity contribution in [3.8, 4) is 0 Å². The number of aromatic nitrogens is 2. The molecule has 6 nitrogen and oxygen atoms in total. The van der Waals surface area contributed by atoms with Crippen LogP contribution in [0.4, 0.5) is 5.69 Å². The van der Waals surface area contributed by atoms with Crippen LogP contribution in [0.1, 0.15) is 54.4 Å². The Morgan fingerprint density at radius 1 is 1.36 bits per heavy atom. The molecule has 0 saturated carbocycles. The molecule has 0 aliphatic heterocycles. The van der Waals surface area contributed by atoms with E-state index in [-0.39, 0.29) is 11.9 Å². The number of hydrogen-bond donors (Lipinski definition) is 1. The molecule has 0 spiro atoms. The molecular weight excluding hydrogens is 282 g/mol. The van der Waals surface area contributed by atoms with Gasteiger partial charge in [0.05, 0.1) is 19.2 Å². The van der Waals surface area contributed by atoms with E-state index in [1.54, 1.807) is 0 Å². The highest BCUT2D eigenvalue weighted by Crippen LogP contribution is 2.20. The summed E-state index contributed by atoms with van der Waals surface area (Å²) < 4.78 is 10.4. The first kappa shape index (κ1) is 16.0. The Balaban J connectivity index is 2.15. The highest BCUT2D eigenvalue weighted by atomic mass is 16.5. The lowest BCUT2D eigenvalue weighted by atomic mass is 10.1. The van der Waals surface area contributed by atoms with Crippen LogP contribution in [0.25, 0.3) is 0 Å². The van der Waals surface area contributed by atoms with Gasteiger partial charge in [-0.3, -0.25) is 0 Å². The summed E-state index contributed by atoms with van der Waals surface area (Å²) in [4.78, 5) is 11.9. The van der Waals surface area contributed by atoms with E-state index in [0.29, 0.717) is 29.6 Å². The second-order valence-electron chi connectivity index (χ2n) is 5.27. The first-order chi connectivity index (χ1) is 10.5. The number of rotatable bonds is 6. The van der Waals surface area contributed by atoms with Gasteiger partial charge in [-0.15, -0.1) is 10.2 Å². The van der Waals surface area contributed by atoms with Crippen LogP contribution in [0.15, 0.2) is 22.6 Å². The first-order valence-corrected chi connectivity index (χ1v) is 7.32. The number of carbonyl (C=O) groups is 1. The molecule has 0 radical (unpaired) electrons. The van der Waals surface area contributed by atoms with Gasteiger partial charge in [-0.05, 0) is 24.1 Å². The van der Waals surface area contributed by atoms with Crippen molar-refractivity contribution in [3.05, 3.63) is 41.1 Å². The third-order valence-corrected chi connectivity index (χ3v) is 3.30. The standard InChI is InChI=1S/C16H21N3O3/c1-5-11-6-7-13(12(8-11)16(20)21-4)17-9-14-18-19-15(22-14)10(2)3/h6-8,10,17H,5,9H2,1-4H3. The molecule has 1 N–H and O–H groups in total. The van der Waals surface area contributed by atoms with Gasteiger partial charge in [0.15, 0.2) is 0 Å². The second-order valence-corrected chi connectivity index (χ2v) is 5.27. The molecule has 0 amide bonds. The average molecular weight is 303 g/mol. The molecule has 0 aliphatic carbocycles. The van der Waals surface area contributed by atoms with E-state index in [1.165, 1.54) is 7.11 Å². The van der Waals surface area contributed by atoms with Gasteiger partial charge in [0.2, 0.25) is 11.8 Å². The van der Waals surface area contributed by atoms with Crippen molar-refractivity contribution in [2.75, 3.05) is 12.4 Å². The SMILES string of the molecule is CCc1ccc(NCc2nnc(C(C)C)o2)c(C(=O)OC)c1. The molecule has 0 aliphatic rings. The molecule has 118 valence electrons. The molecule has 0 unspecified atom stereocenters. The predicted molar refractivity (Wildman–Crippen MR) is 82.9 cm³/mol. The van der Waals surface area contributed by atoms with E-state index >= 15 is 0 Å². The minimum absolute atomic E-state index is 0.190. The van der Waals surface area contributed by atoms with Crippen molar-refractivity contribution in [3.63, 3.8) is 0 Å². The fourth-order valence-electron chi connectivity index (χ4n) is 1.99. The van der Waals surface area contributed by atoms with Crippen molar-refractivity contribution in [2.45, 2.75) is 39.7 Å². The highest BCUT2D eigenvalue weighted by Gasteiger charge is 2.14. The van der Waals surface area contributed by atoms with Gasteiger partial charge in [0, 0.05) is 11.6 Å². The molecule has 0 bridgehead atoms. The van der Waals surface area contributed by atoms with Crippen LogP contribution in [0, 0.1) is 0 Å². The van der Waals surface area contributed by atoms with E-state index in [1.807, 2.05) is 39.0 Å². The molecule has 1 aromatic carbocycles. The Hall–Kier alpha value is -2.37. The van der Waals surface area contributed by atoms with Gasteiger partial charge in [-0.2, -0.15) is 0 Å². The molecule has 2 rings (SSSR count). The number of methoxy groups -OCH3 is 1. The van der Waals surface area contributed by atoms with Gasteiger partial charge in [-0.25, -0.2) is 4.79 Å². The molecule has 0 fully saturated rings. The number of nitrogens with one attached hydrogen (secondary N) is 1. The first-order valence-electron chi connectivity index (χ1n) is 7.32. The summed E-state index contributed by atoms with van der Waals surface area (Å²) in [6.45, 7) is 6.37. The monoisotopic (exact) mass is 303 g/mol. The molecule has 1 aromatic heterocycles. The van der Waals surface area contributed by atoms with Crippen molar-refractivity contribution in [2.24, 2.45) is 0 Å². The average Bonchev–Trinajstić information content (AvgIpc) is 3.01. The molecule has 1 heterocycles. The summed E-state index contributed by atoms with van der Waals surface area (Å²) in [5.74, 6) is 0.910. The van der Waals surface area contributed by atoms with E-state index in [9.17, 15) is 4.79 Å². The summed E-state index contributed by atoms with van der Waals surface area (Å²) in [6, 6.07) is 5.68. The van der Waals surface area contributed by atoms with Gasteiger partial charge in [0.25, 0.3) is 0 Å². The van der Waals surface area contributed by atoms with Crippen LogP contribution >= 0.6 is 0 Å². The van der Waals surface area contributed by atoms with Crippen LogP contribution in [0.3, 0.4) is 0 Å². The number of hydrogen-bond acceptors (Lipinski definition) is 6. The molecule has 22 heavy (non-hydrogen) atoms. The molecular formula is C16H21N3O3. The third-order valence-electron chi connectivity index (χ3n) is 3.30. The smallest absolute Gasteiger partial charge is 0.339 e. The number of esters is 1. The maximum absolute atomic E-state index is 11.9. The third kappa shape index (κ3) is 3.63. The Labute approximate surface area is 129 Å². The van der Waals surface area contributed by atoms with Crippen molar-refractivity contribution < 1.29 is 13.9 Å². The fraction of sp³-hybridized carbons (Fsp3) is 0.438. The molecule has 2 aromatic rings. The van der Waals surface area contributed by atoms with Gasteiger partial charge in [-0.1, -0.05) is 26.8 Å². The lowest BCUT2D eigenvalue weighted by molar-refractivity contribution is 0.0601. The maximum atomic E-state index is 11.9. The number of anilines is 1. The summed E-state index contributed by atoms with van der Waals surface area (Å²) in [5, 5.41) is 11.1. The Bertz CT molecular complexity index is 650. The van der Waals surface area contributed by atoms with Gasteiger partial charge >= 0.3 is 5.97 Å². The predicted octanol–water partition coefficient (Wildman–Crippen LogP) is 3.15. The van der Waals surface area contributed by atoms with Crippen LogP contribution in [0.2, 0.25) is 0 Å². The van der Waals surface area contributed by atoms with Crippen LogP contribution in [-0.2, 0) is 17.7 Å². The van der Waals surface area contributed by atoms with Gasteiger partial charge in [0.1, 0.15) is 0 Å². The van der Waals surface area contributed by atoms with Crippen molar-refractivity contribution in [1.29, 1.82) is 0 Å². The maximum Gasteiger partial charge on any atom is 0.339 e. The Morgan fingerprint density at radius 2 is 2.14 bits per heavy atom. The zero-order valence-corrected chi connectivity index (χ0v) is 13.3. The number of ether oxygens (including phenoxy) is 1. The number of nitrogens with zero attached hydrogens (tertiary/aromatic N) is 2. The van der Waals surface area contributed by atoms with E-state index in [0.717, 1.165) is 12.0 Å². The number of carbonyl (C=O) groups excluding carboxylic acids is 1. The Morgan fingerprint density at radius 3 is 2.73 bits per heavy atom. The van der Waals surface area contributed by atoms with E-state index < -0.39 is 0 Å². The second kappa shape index (κ2) is 7.06. The quantitative estimate of drug-likeness (QED) is 0.826. The summed E-state index contributed by atoms with van der Waals surface area (Å²) in [5.41, 5.74) is 2.27. The minimum Gasteiger partial charge on any atom is -0.465 e. The number of benzene rings is 1. The highest BCUT2D eigenvalue weighted by molar-refractivity contribution is 5.95. The van der Waals surface area contributed by atoms with Crippen molar-refractivity contribution in [1.82, 2.24) is 10.2 Å². The summed E-state index contributed by atoms with van der Waals surface area (Å²) >= 11 is 0. The van der Waals surface area contributed by atoms with E-state index in [4.69, 9.17) is 9.15 Å². The summed E-state index contributed by atoms with van der Waals surface area (Å²) in [7, 11) is 1.37. The normalized spacial score (nSPS) is 10.8. The molecule has 0 atom stereocenters. The van der Waals surface area contributed by atoms with Crippen LogP contribution in [-0.4, -0.2) is 23.3 Å². The fourth-order valence-corrected chi connectivity index (χ4v) is 1.99. The summed E-state index contributed by atoms with van der Waals surface area (Å²) in [6.07, 6.45) is 0.853. The van der Waals surface area contributed by atoms with Gasteiger partial charge < -0.3 is 14.5 Å². The topological polar surface area (TPSA) is 77.3 Å². The largest absolute Gasteiger partial charge is 0.465 e. The number of aryl methyl sites for hydroxylation is 1. The minimum atomic E-state index is -0.369. The molecule has 6 heteroatoms. The van der Waals surface area contributed by atoms with E-state index in [2.05, 4.69) is 15.5 Å². The zero-order valence-electron chi connectivity index (χ0n) is 13.3. The van der Waals surface area contributed by atoms with Crippen LogP contribution in [0.5, 0.6) is 0 Å². The Kier molecular flexibility index (Phi) is 5.14. The molecule has 0 saturated heterocycles.